The molecule has 0 fully saturated rings. The van der Waals surface area contributed by atoms with Gasteiger partial charge in [0.1, 0.15) is 5.02 Å². The lowest BCUT2D eigenvalue weighted by atomic mass is 9.76. The van der Waals surface area contributed by atoms with E-state index >= 15 is 0 Å². The summed E-state index contributed by atoms with van der Waals surface area (Å²) in [5, 5.41) is 14.5. The number of rotatable bonds is 2. The molecule has 0 spiro atoms. The molecule has 0 amide bonds. The number of hydrogen-bond acceptors (Lipinski definition) is 3. The molecule has 3 atom stereocenters. The van der Waals surface area contributed by atoms with Crippen molar-refractivity contribution in [2.45, 2.75) is 24.6 Å². The number of anilines is 1. The Balaban J connectivity index is 1.77. The van der Waals surface area contributed by atoms with E-state index in [2.05, 4.69) is 5.32 Å². The number of hydrogen-bond donors (Lipinski definition) is 1. The minimum atomic E-state index is -4.40. The Morgan fingerprint density at radius 2 is 1.96 bits per heavy atom. The zero-order chi connectivity index (χ0) is 19.3. The molecule has 2 aromatic carbocycles. The van der Waals surface area contributed by atoms with E-state index in [9.17, 15) is 23.3 Å². The average Bonchev–Trinajstić information content (AvgIpc) is 3.10. The molecule has 140 valence electrons. The maximum atomic E-state index is 13.1. The van der Waals surface area contributed by atoms with Crippen molar-refractivity contribution >= 4 is 23.0 Å². The molecule has 2 aliphatic rings. The number of nitrogens with one attached hydrogen (secondary N) is 1. The first-order chi connectivity index (χ1) is 12.8. The number of fused-ring (bicyclic) bond motifs is 3. The van der Waals surface area contributed by atoms with Crippen LogP contribution in [0, 0.1) is 16.0 Å². The summed E-state index contributed by atoms with van der Waals surface area (Å²) in [6, 6.07) is 8.05. The van der Waals surface area contributed by atoms with Gasteiger partial charge in [-0.3, -0.25) is 10.1 Å². The fraction of sp³-hybridized carbons (Fsp3) is 0.263. The number of nitro benzene ring substituents is 1. The van der Waals surface area contributed by atoms with E-state index in [-0.39, 0.29) is 28.6 Å². The molecule has 0 aromatic heterocycles. The van der Waals surface area contributed by atoms with Gasteiger partial charge in [0.15, 0.2) is 0 Å². The average molecular weight is 395 g/mol. The van der Waals surface area contributed by atoms with Gasteiger partial charge in [-0.1, -0.05) is 29.8 Å². The van der Waals surface area contributed by atoms with Crippen LogP contribution < -0.4 is 5.32 Å². The van der Waals surface area contributed by atoms with Crippen molar-refractivity contribution in [3.63, 3.8) is 0 Å². The molecule has 0 saturated carbocycles. The second kappa shape index (κ2) is 6.27. The molecule has 0 unspecified atom stereocenters. The van der Waals surface area contributed by atoms with Gasteiger partial charge in [-0.05, 0) is 47.7 Å². The summed E-state index contributed by atoms with van der Waals surface area (Å²) in [6.07, 6.45) is 0.139. The number of halogens is 4. The summed E-state index contributed by atoms with van der Waals surface area (Å²) in [7, 11) is 0. The third-order valence-corrected chi connectivity index (χ3v) is 5.54. The van der Waals surface area contributed by atoms with Crippen LogP contribution >= 0.6 is 11.6 Å². The summed E-state index contributed by atoms with van der Waals surface area (Å²) in [4.78, 5) is 10.7. The third kappa shape index (κ3) is 3.06. The Hall–Kier alpha value is -2.54. The smallest absolute Gasteiger partial charge is 0.378 e. The molecule has 0 saturated heterocycles. The Morgan fingerprint density at radius 3 is 2.67 bits per heavy atom. The van der Waals surface area contributed by atoms with Gasteiger partial charge in [0, 0.05) is 17.7 Å². The predicted octanol–water partition coefficient (Wildman–Crippen LogP) is 6.09. The summed E-state index contributed by atoms with van der Waals surface area (Å²) in [5.74, 6) is -0.204. The van der Waals surface area contributed by atoms with Crippen molar-refractivity contribution < 1.29 is 18.1 Å². The SMILES string of the molecule is O=[N+]([O-])c1cc([C@@H]2Nc3ccc(C(F)(F)F)cc3[C@@H]3C=CC[C@H]32)ccc1Cl. The first-order valence-corrected chi connectivity index (χ1v) is 8.71. The molecule has 4 nitrogen and oxygen atoms in total. The number of benzene rings is 2. The van der Waals surface area contributed by atoms with Gasteiger partial charge in [0.2, 0.25) is 0 Å². The normalized spacial score (nSPS) is 23.5. The third-order valence-electron chi connectivity index (χ3n) is 5.22. The standard InChI is InChI=1S/C19H14ClF3N2O2/c20-15-6-4-10(8-17(15)25(26)27)18-13-3-1-2-12(13)14-9-11(19(21,22)23)5-7-16(14)24-18/h1-2,4-9,12-13,18,24H,3H2/t12-,13-,18+/m1/s1. The van der Waals surface area contributed by atoms with Crippen molar-refractivity contribution in [1.29, 1.82) is 0 Å². The lowest BCUT2D eigenvalue weighted by Gasteiger charge is -2.37. The molecule has 1 heterocycles. The lowest BCUT2D eigenvalue weighted by molar-refractivity contribution is -0.384. The van der Waals surface area contributed by atoms with Crippen LogP contribution in [0.1, 0.15) is 35.1 Å². The molecular weight excluding hydrogens is 381 g/mol. The summed E-state index contributed by atoms with van der Waals surface area (Å²) in [5.41, 5.74) is 1.04. The number of nitro groups is 1. The molecule has 0 bridgehead atoms. The highest BCUT2D eigenvalue weighted by molar-refractivity contribution is 6.32. The first-order valence-electron chi connectivity index (χ1n) is 8.34. The Labute approximate surface area is 157 Å². The quantitative estimate of drug-likeness (QED) is 0.380. The van der Waals surface area contributed by atoms with Crippen LogP contribution in [-0.2, 0) is 6.18 Å². The summed E-state index contributed by atoms with van der Waals surface area (Å²) >= 11 is 5.90. The van der Waals surface area contributed by atoms with Crippen LogP contribution in [0.2, 0.25) is 5.02 Å². The molecule has 2 aromatic rings. The zero-order valence-corrected chi connectivity index (χ0v) is 14.6. The Bertz CT molecular complexity index is 958. The van der Waals surface area contributed by atoms with Gasteiger partial charge in [-0.2, -0.15) is 13.2 Å². The molecule has 1 aliphatic heterocycles. The van der Waals surface area contributed by atoms with E-state index in [1.165, 1.54) is 24.3 Å². The molecular formula is C19H14ClF3N2O2. The van der Waals surface area contributed by atoms with Crippen LogP contribution in [0.15, 0.2) is 48.6 Å². The first kappa shape index (κ1) is 17.9. The second-order valence-corrected chi connectivity index (χ2v) is 7.15. The van der Waals surface area contributed by atoms with Gasteiger partial charge in [0.25, 0.3) is 5.69 Å². The lowest BCUT2D eigenvalue weighted by Crippen LogP contribution is -2.29. The monoisotopic (exact) mass is 394 g/mol. The fourth-order valence-corrected chi connectivity index (χ4v) is 4.15. The maximum absolute atomic E-state index is 13.1. The van der Waals surface area contributed by atoms with E-state index in [4.69, 9.17) is 11.6 Å². The molecule has 4 rings (SSSR count). The van der Waals surface area contributed by atoms with Crippen LogP contribution in [0.3, 0.4) is 0 Å². The molecule has 27 heavy (non-hydrogen) atoms. The van der Waals surface area contributed by atoms with Crippen molar-refractivity contribution in [3.05, 3.63) is 80.4 Å². The minimum absolute atomic E-state index is 0.0261. The highest BCUT2D eigenvalue weighted by Crippen LogP contribution is 2.51. The van der Waals surface area contributed by atoms with Crippen molar-refractivity contribution in [2.24, 2.45) is 5.92 Å². The van der Waals surface area contributed by atoms with Gasteiger partial charge in [-0.15, -0.1) is 0 Å². The van der Waals surface area contributed by atoms with Crippen LogP contribution in [0.5, 0.6) is 0 Å². The molecule has 1 N–H and O–H groups in total. The van der Waals surface area contributed by atoms with E-state index < -0.39 is 16.7 Å². The highest BCUT2D eigenvalue weighted by Gasteiger charge is 2.40. The predicted molar refractivity (Wildman–Crippen MR) is 95.9 cm³/mol. The van der Waals surface area contributed by atoms with Crippen LogP contribution in [0.4, 0.5) is 24.5 Å². The van der Waals surface area contributed by atoms with Gasteiger partial charge < -0.3 is 5.32 Å². The topological polar surface area (TPSA) is 55.2 Å². The van der Waals surface area contributed by atoms with Gasteiger partial charge in [0.05, 0.1) is 16.5 Å². The number of alkyl halides is 3. The van der Waals surface area contributed by atoms with Crippen molar-refractivity contribution in [3.8, 4) is 0 Å². The maximum Gasteiger partial charge on any atom is 0.416 e. The van der Waals surface area contributed by atoms with Gasteiger partial charge >= 0.3 is 6.18 Å². The number of allylic oxidation sites excluding steroid dienone is 2. The van der Waals surface area contributed by atoms with Crippen LogP contribution in [0.25, 0.3) is 0 Å². The Kier molecular flexibility index (Phi) is 4.14. The molecule has 1 aliphatic carbocycles. The molecule has 8 heteroatoms. The van der Waals surface area contributed by atoms with Crippen LogP contribution in [-0.4, -0.2) is 4.92 Å². The highest BCUT2D eigenvalue weighted by atomic mass is 35.5. The van der Waals surface area contributed by atoms with Crippen molar-refractivity contribution in [1.82, 2.24) is 0 Å². The van der Waals surface area contributed by atoms with E-state index in [1.54, 1.807) is 6.07 Å². The minimum Gasteiger partial charge on any atom is -0.378 e. The van der Waals surface area contributed by atoms with E-state index in [0.29, 0.717) is 23.2 Å². The van der Waals surface area contributed by atoms with E-state index in [0.717, 1.165) is 6.07 Å². The van der Waals surface area contributed by atoms with Crippen molar-refractivity contribution in [2.75, 3.05) is 5.32 Å². The summed E-state index contributed by atoms with van der Waals surface area (Å²) in [6.45, 7) is 0. The number of nitrogens with zero attached hydrogens (tertiary/aromatic N) is 1. The second-order valence-electron chi connectivity index (χ2n) is 6.74. The Morgan fingerprint density at radius 1 is 1.19 bits per heavy atom. The zero-order valence-electron chi connectivity index (χ0n) is 13.8. The fourth-order valence-electron chi connectivity index (χ4n) is 3.96. The van der Waals surface area contributed by atoms with Gasteiger partial charge in [-0.25, -0.2) is 0 Å². The van der Waals surface area contributed by atoms with E-state index in [1.807, 2.05) is 12.2 Å². The summed E-state index contributed by atoms with van der Waals surface area (Å²) < 4.78 is 39.3. The molecule has 0 radical (unpaired) electrons. The largest absolute Gasteiger partial charge is 0.416 e.